The molecule has 0 saturated heterocycles. The lowest BCUT2D eigenvalue weighted by atomic mass is 9.98. The van der Waals surface area contributed by atoms with Gasteiger partial charge in [0.25, 0.3) is 0 Å². The van der Waals surface area contributed by atoms with E-state index in [9.17, 15) is 0 Å². The molecule has 1 heterocycles. The number of hydrogen-bond acceptors (Lipinski definition) is 0. The van der Waals surface area contributed by atoms with Gasteiger partial charge in [-0.05, 0) is 36.2 Å². The second kappa shape index (κ2) is 4.26. The summed E-state index contributed by atoms with van der Waals surface area (Å²) in [5, 5.41) is 1.28. The van der Waals surface area contributed by atoms with Crippen molar-refractivity contribution in [2.24, 2.45) is 7.05 Å². The Hall–Kier alpha value is -2.15. The van der Waals surface area contributed by atoms with Crippen LogP contribution in [0.3, 0.4) is 0 Å². The number of aryl methyl sites for hydroxylation is 2. The highest BCUT2D eigenvalue weighted by Gasteiger charge is 2.12. The van der Waals surface area contributed by atoms with Crippen LogP contribution in [-0.4, -0.2) is 0 Å². The smallest absolute Gasteiger partial charge is 0.200 e. The molecule has 1 nitrogen and oxygen atoms in total. The first kappa shape index (κ1) is 11.0. The van der Waals surface area contributed by atoms with Crippen LogP contribution in [0.1, 0.15) is 5.56 Å². The summed E-state index contributed by atoms with van der Waals surface area (Å²) >= 11 is 0. The molecule has 0 saturated carbocycles. The van der Waals surface area contributed by atoms with Gasteiger partial charge in [-0.1, -0.05) is 30.3 Å². The van der Waals surface area contributed by atoms with Crippen LogP contribution < -0.4 is 4.57 Å². The molecule has 1 aromatic heterocycles. The first-order valence-electron chi connectivity index (χ1n) is 6.21. The molecule has 0 radical (unpaired) electrons. The van der Waals surface area contributed by atoms with Crippen molar-refractivity contribution >= 4 is 10.9 Å². The zero-order valence-corrected chi connectivity index (χ0v) is 10.7. The Bertz CT molecular complexity index is 708. The van der Waals surface area contributed by atoms with Crippen LogP contribution in [0.5, 0.6) is 0 Å². The van der Waals surface area contributed by atoms with E-state index in [4.69, 9.17) is 0 Å². The minimum absolute atomic E-state index is 1.28. The van der Waals surface area contributed by atoms with Gasteiger partial charge in [0.15, 0.2) is 6.20 Å². The zero-order valence-electron chi connectivity index (χ0n) is 10.7. The fourth-order valence-corrected chi connectivity index (χ4v) is 2.53. The van der Waals surface area contributed by atoms with Gasteiger partial charge in [0.05, 0.1) is 5.56 Å². The van der Waals surface area contributed by atoms with Crippen LogP contribution in [0.25, 0.3) is 22.0 Å². The van der Waals surface area contributed by atoms with Crippen LogP contribution in [0.15, 0.2) is 60.8 Å². The van der Waals surface area contributed by atoms with Gasteiger partial charge in [-0.2, -0.15) is 0 Å². The maximum absolute atomic E-state index is 2.20. The number of para-hydroxylation sites is 1. The van der Waals surface area contributed by atoms with E-state index in [2.05, 4.69) is 79.3 Å². The van der Waals surface area contributed by atoms with Gasteiger partial charge in [-0.3, -0.25) is 0 Å². The van der Waals surface area contributed by atoms with Gasteiger partial charge in [-0.15, -0.1) is 0 Å². The van der Waals surface area contributed by atoms with Crippen LogP contribution in [0.2, 0.25) is 0 Å². The minimum atomic E-state index is 1.28. The normalized spacial score (nSPS) is 10.8. The third-order valence-electron chi connectivity index (χ3n) is 3.44. The molecule has 3 aromatic rings. The van der Waals surface area contributed by atoms with Gasteiger partial charge in [0.2, 0.25) is 5.52 Å². The molecule has 88 valence electrons. The van der Waals surface area contributed by atoms with Crippen molar-refractivity contribution < 1.29 is 4.57 Å². The molecule has 0 bridgehead atoms. The highest BCUT2D eigenvalue weighted by Crippen LogP contribution is 2.28. The molecule has 0 amide bonds. The lowest BCUT2D eigenvalue weighted by Crippen LogP contribution is -2.28. The number of hydrogen-bond donors (Lipinski definition) is 0. The minimum Gasteiger partial charge on any atom is -0.200 e. The highest BCUT2D eigenvalue weighted by atomic mass is 14.9. The predicted octanol–water partition coefficient (Wildman–Crippen LogP) is 3.64. The zero-order chi connectivity index (χ0) is 12.5. The molecular formula is C17H16N+. The van der Waals surface area contributed by atoms with E-state index in [0.29, 0.717) is 0 Å². The Labute approximate surface area is 107 Å². The van der Waals surface area contributed by atoms with Crippen LogP contribution in [0, 0.1) is 6.92 Å². The molecule has 18 heavy (non-hydrogen) atoms. The van der Waals surface area contributed by atoms with E-state index in [-0.39, 0.29) is 0 Å². The number of benzene rings is 2. The Morgan fingerprint density at radius 2 is 1.50 bits per heavy atom. The maximum atomic E-state index is 2.20. The average molecular weight is 234 g/mol. The molecule has 0 aliphatic carbocycles. The van der Waals surface area contributed by atoms with Crippen LogP contribution in [-0.2, 0) is 7.05 Å². The predicted molar refractivity (Wildman–Crippen MR) is 75.3 cm³/mol. The Balaban J connectivity index is 2.40. The number of nitrogens with zero attached hydrogens (tertiary/aromatic N) is 1. The average Bonchev–Trinajstić information content (AvgIpc) is 2.39. The molecule has 0 aliphatic heterocycles. The molecule has 1 heteroatoms. The largest absolute Gasteiger partial charge is 0.220 e. The summed E-state index contributed by atoms with van der Waals surface area (Å²) < 4.78 is 2.19. The van der Waals surface area contributed by atoms with E-state index < -0.39 is 0 Å². The van der Waals surface area contributed by atoms with Crippen molar-refractivity contribution in [1.82, 2.24) is 0 Å². The highest BCUT2D eigenvalue weighted by molar-refractivity contribution is 5.92. The molecule has 0 unspecified atom stereocenters. The Kier molecular flexibility index (Phi) is 2.60. The molecule has 0 aliphatic rings. The molecular weight excluding hydrogens is 218 g/mol. The summed E-state index contributed by atoms with van der Waals surface area (Å²) in [7, 11) is 2.10. The van der Waals surface area contributed by atoms with E-state index in [0.717, 1.165) is 0 Å². The van der Waals surface area contributed by atoms with Crippen molar-refractivity contribution in [1.29, 1.82) is 0 Å². The molecule has 0 spiro atoms. The van der Waals surface area contributed by atoms with Crippen molar-refractivity contribution in [3.63, 3.8) is 0 Å². The molecule has 0 fully saturated rings. The van der Waals surface area contributed by atoms with Gasteiger partial charge >= 0.3 is 0 Å². The maximum Gasteiger partial charge on any atom is 0.220 e. The van der Waals surface area contributed by atoms with Gasteiger partial charge in [0.1, 0.15) is 7.05 Å². The number of fused-ring (bicyclic) bond motifs is 1. The second-order valence-corrected chi connectivity index (χ2v) is 4.68. The SMILES string of the molecule is Cc1ccccc1-c1cccc2ccc[n+](C)c12. The summed E-state index contributed by atoms with van der Waals surface area (Å²) in [5.41, 5.74) is 5.21. The van der Waals surface area contributed by atoms with E-state index in [1.807, 2.05) is 0 Å². The summed E-state index contributed by atoms with van der Waals surface area (Å²) in [4.78, 5) is 0. The van der Waals surface area contributed by atoms with Crippen molar-refractivity contribution in [2.75, 3.05) is 0 Å². The number of pyridine rings is 1. The molecule has 3 rings (SSSR count). The van der Waals surface area contributed by atoms with Crippen LogP contribution >= 0.6 is 0 Å². The van der Waals surface area contributed by atoms with E-state index in [1.54, 1.807) is 0 Å². The first-order valence-corrected chi connectivity index (χ1v) is 6.21. The van der Waals surface area contributed by atoms with Crippen molar-refractivity contribution in [3.05, 3.63) is 66.4 Å². The van der Waals surface area contributed by atoms with Crippen LogP contribution in [0.4, 0.5) is 0 Å². The summed E-state index contributed by atoms with van der Waals surface area (Å²) in [5.74, 6) is 0. The topological polar surface area (TPSA) is 3.88 Å². The van der Waals surface area contributed by atoms with Gasteiger partial charge in [0, 0.05) is 11.5 Å². The Morgan fingerprint density at radius 1 is 0.778 bits per heavy atom. The second-order valence-electron chi connectivity index (χ2n) is 4.68. The van der Waals surface area contributed by atoms with Gasteiger partial charge < -0.3 is 0 Å². The Morgan fingerprint density at radius 3 is 2.33 bits per heavy atom. The quantitative estimate of drug-likeness (QED) is 0.566. The molecule has 0 atom stereocenters. The number of aromatic nitrogens is 1. The molecule has 2 aromatic carbocycles. The van der Waals surface area contributed by atoms with Crippen molar-refractivity contribution in [2.45, 2.75) is 6.92 Å². The standard InChI is InChI=1S/C17H16N/c1-13-7-3-4-10-15(13)16-11-5-8-14-9-6-12-18(2)17(14)16/h3-12H,1-2H3/q+1. The fraction of sp³-hybridized carbons (Fsp3) is 0.118. The lowest BCUT2D eigenvalue weighted by molar-refractivity contribution is -0.644. The van der Waals surface area contributed by atoms with Crippen molar-refractivity contribution in [3.8, 4) is 11.1 Å². The molecule has 0 N–H and O–H groups in total. The lowest BCUT2D eigenvalue weighted by Gasteiger charge is -2.07. The van der Waals surface area contributed by atoms with E-state index >= 15 is 0 Å². The first-order chi connectivity index (χ1) is 8.77. The third kappa shape index (κ3) is 1.68. The summed E-state index contributed by atoms with van der Waals surface area (Å²) in [6.45, 7) is 2.16. The number of rotatable bonds is 1. The summed E-state index contributed by atoms with van der Waals surface area (Å²) in [6, 6.07) is 19.3. The van der Waals surface area contributed by atoms with Gasteiger partial charge in [-0.25, -0.2) is 4.57 Å². The fourth-order valence-electron chi connectivity index (χ4n) is 2.53. The van der Waals surface area contributed by atoms with E-state index in [1.165, 1.54) is 27.6 Å². The summed E-state index contributed by atoms with van der Waals surface area (Å²) in [6.07, 6.45) is 2.10. The third-order valence-corrected chi connectivity index (χ3v) is 3.44. The monoisotopic (exact) mass is 234 g/mol.